The molecule has 166 valence electrons. The third-order valence-electron chi connectivity index (χ3n) is 7.23. The molecule has 2 aromatic rings. The van der Waals surface area contributed by atoms with Crippen molar-refractivity contribution in [1.82, 2.24) is 9.62 Å². The minimum Gasteiger partial charge on any atom is -0.492 e. The fourth-order valence-corrected chi connectivity index (χ4v) is 6.65. The molecule has 2 aromatic carbocycles. The first-order chi connectivity index (χ1) is 15.1. The molecule has 1 saturated heterocycles. The summed E-state index contributed by atoms with van der Waals surface area (Å²) in [5.74, 6) is 1.31. The van der Waals surface area contributed by atoms with Gasteiger partial charge in [0.15, 0.2) is 0 Å². The van der Waals surface area contributed by atoms with Crippen molar-refractivity contribution < 1.29 is 13.2 Å². The number of rotatable bonds is 9. The minimum atomic E-state index is -3.18. The number of ether oxygens (including phenoxy) is 1. The Morgan fingerprint density at radius 3 is 2.52 bits per heavy atom. The molecule has 1 heterocycles. The van der Waals surface area contributed by atoms with E-state index in [-0.39, 0.29) is 5.25 Å². The van der Waals surface area contributed by atoms with Crippen LogP contribution < -0.4 is 9.46 Å². The summed E-state index contributed by atoms with van der Waals surface area (Å²) >= 11 is 0. The topological polar surface area (TPSA) is 58.6 Å². The largest absolute Gasteiger partial charge is 0.492 e. The molecular weight excluding hydrogens is 408 g/mol. The van der Waals surface area contributed by atoms with Crippen molar-refractivity contribution in [2.45, 2.75) is 55.7 Å². The lowest BCUT2D eigenvalue weighted by molar-refractivity contribution is 0.106. The molecule has 1 N–H and O–H groups in total. The highest BCUT2D eigenvalue weighted by Gasteiger charge is 2.38. The first kappa shape index (κ1) is 21.0. The Labute approximate surface area is 185 Å². The van der Waals surface area contributed by atoms with Crippen LogP contribution >= 0.6 is 0 Å². The molecule has 0 bridgehead atoms. The van der Waals surface area contributed by atoms with Crippen molar-refractivity contribution in [3.63, 3.8) is 0 Å². The van der Waals surface area contributed by atoms with Crippen molar-refractivity contribution in [2.24, 2.45) is 0 Å². The molecule has 0 spiro atoms. The predicted octanol–water partition coefficient (Wildman–Crippen LogP) is 3.49. The predicted molar refractivity (Wildman–Crippen MR) is 123 cm³/mol. The summed E-state index contributed by atoms with van der Waals surface area (Å²) in [5.41, 5.74) is 4.20. The van der Waals surface area contributed by atoms with Gasteiger partial charge in [-0.3, -0.25) is 4.90 Å². The second-order valence-corrected chi connectivity index (χ2v) is 11.2. The quantitative estimate of drug-likeness (QED) is 0.607. The third kappa shape index (κ3) is 4.52. The van der Waals surface area contributed by atoms with Gasteiger partial charge in [0.05, 0.1) is 5.25 Å². The maximum Gasteiger partial charge on any atom is 0.214 e. The fraction of sp³-hybridized carbons (Fsp3) is 0.520. The summed E-state index contributed by atoms with van der Waals surface area (Å²) < 4.78 is 33.0. The molecular formula is C25H32N2O3S. The van der Waals surface area contributed by atoms with Crippen LogP contribution in [0.5, 0.6) is 5.75 Å². The Balaban J connectivity index is 1.25. The Hall–Kier alpha value is -1.89. The van der Waals surface area contributed by atoms with Gasteiger partial charge in [-0.25, -0.2) is 13.1 Å². The molecule has 1 saturated carbocycles. The molecule has 2 atom stereocenters. The number of nitrogens with zero attached hydrogens (tertiary/aromatic N) is 1. The number of hydrogen-bond acceptors (Lipinski definition) is 4. The van der Waals surface area contributed by atoms with Crippen LogP contribution in [0.15, 0.2) is 48.5 Å². The molecule has 0 radical (unpaired) electrons. The van der Waals surface area contributed by atoms with Gasteiger partial charge in [-0.2, -0.15) is 0 Å². The van der Waals surface area contributed by atoms with Gasteiger partial charge in [0.2, 0.25) is 10.0 Å². The normalized spacial score (nSPS) is 23.7. The average Bonchev–Trinajstić information content (AvgIpc) is 3.00. The number of fused-ring (bicyclic) bond motifs is 1. The maximum absolute atomic E-state index is 12.2. The van der Waals surface area contributed by atoms with E-state index in [2.05, 4.69) is 52.1 Å². The van der Waals surface area contributed by atoms with Crippen molar-refractivity contribution in [1.29, 1.82) is 0 Å². The highest BCUT2D eigenvalue weighted by atomic mass is 32.2. The average molecular weight is 441 g/mol. The van der Waals surface area contributed by atoms with E-state index in [1.807, 2.05) is 6.07 Å². The molecule has 31 heavy (non-hydrogen) atoms. The summed E-state index contributed by atoms with van der Waals surface area (Å²) in [4.78, 5) is 2.63. The lowest BCUT2D eigenvalue weighted by Crippen LogP contribution is -2.47. The van der Waals surface area contributed by atoms with E-state index in [4.69, 9.17) is 4.74 Å². The number of sulfonamides is 1. The van der Waals surface area contributed by atoms with E-state index < -0.39 is 10.0 Å². The van der Waals surface area contributed by atoms with Crippen molar-refractivity contribution in [3.05, 3.63) is 65.2 Å². The van der Waals surface area contributed by atoms with E-state index >= 15 is 0 Å². The Morgan fingerprint density at radius 1 is 1.03 bits per heavy atom. The van der Waals surface area contributed by atoms with Crippen LogP contribution in [0.25, 0.3) is 0 Å². The molecule has 5 rings (SSSR count). The van der Waals surface area contributed by atoms with Gasteiger partial charge in [-0.15, -0.1) is 0 Å². The summed E-state index contributed by atoms with van der Waals surface area (Å²) in [6, 6.07) is 17.8. The molecule has 2 aliphatic carbocycles. The van der Waals surface area contributed by atoms with Gasteiger partial charge in [0.1, 0.15) is 12.4 Å². The molecule has 2 fully saturated rings. The van der Waals surface area contributed by atoms with Gasteiger partial charge in [0, 0.05) is 18.5 Å². The van der Waals surface area contributed by atoms with E-state index in [0.717, 1.165) is 37.9 Å². The molecule has 0 aromatic heterocycles. The van der Waals surface area contributed by atoms with Gasteiger partial charge >= 0.3 is 0 Å². The second kappa shape index (κ2) is 8.93. The van der Waals surface area contributed by atoms with Crippen molar-refractivity contribution in [2.75, 3.05) is 26.2 Å². The van der Waals surface area contributed by atoms with Gasteiger partial charge in [0.25, 0.3) is 0 Å². The minimum absolute atomic E-state index is 0.204. The number of likely N-dealkylation sites (tertiary alicyclic amines) is 1. The first-order valence-electron chi connectivity index (χ1n) is 11.6. The van der Waals surface area contributed by atoms with E-state index in [9.17, 15) is 8.42 Å². The third-order valence-corrected chi connectivity index (χ3v) is 9.19. The van der Waals surface area contributed by atoms with Crippen LogP contribution in [0, 0.1) is 0 Å². The van der Waals surface area contributed by atoms with E-state index in [1.54, 1.807) is 0 Å². The first-order valence-corrected chi connectivity index (χ1v) is 13.2. The second-order valence-electron chi connectivity index (χ2n) is 9.16. The smallest absolute Gasteiger partial charge is 0.214 e. The summed E-state index contributed by atoms with van der Waals surface area (Å²) in [5, 5.41) is -0.204. The lowest BCUT2D eigenvalue weighted by atomic mass is 9.89. The Bertz CT molecular complexity index is 1000. The number of hydrogen-bond donors (Lipinski definition) is 1. The SMILES string of the molecule is O=S(=O)(NCCOc1ccc2c(c1)C(Cc1ccccc1)C(N1CCC1)C2)C1CCC1. The molecule has 0 amide bonds. The zero-order valence-corrected chi connectivity index (χ0v) is 18.8. The Kier molecular flexibility index (Phi) is 6.04. The fourth-order valence-electron chi connectivity index (χ4n) is 5.09. The van der Waals surface area contributed by atoms with Gasteiger partial charge in [-0.05, 0) is 74.0 Å². The van der Waals surface area contributed by atoms with Crippen molar-refractivity contribution >= 4 is 10.0 Å². The highest BCUT2D eigenvalue weighted by molar-refractivity contribution is 7.90. The van der Waals surface area contributed by atoms with Crippen LogP contribution in [0.4, 0.5) is 0 Å². The molecule has 1 aliphatic heterocycles. The van der Waals surface area contributed by atoms with E-state index in [0.29, 0.717) is 25.1 Å². The van der Waals surface area contributed by atoms with E-state index in [1.165, 1.54) is 36.2 Å². The number of nitrogens with one attached hydrogen (secondary N) is 1. The zero-order valence-electron chi connectivity index (χ0n) is 18.0. The molecule has 3 aliphatic rings. The van der Waals surface area contributed by atoms with Gasteiger partial charge in [-0.1, -0.05) is 42.8 Å². The maximum atomic E-state index is 12.2. The lowest BCUT2D eigenvalue weighted by Gasteiger charge is -2.39. The summed E-state index contributed by atoms with van der Waals surface area (Å²) in [7, 11) is -3.18. The molecule has 6 heteroatoms. The monoisotopic (exact) mass is 440 g/mol. The van der Waals surface area contributed by atoms with Crippen LogP contribution in [0.3, 0.4) is 0 Å². The van der Waals surface area contributed by atoms with Gasteiger partial charge < -0.3 is 4.74 Å². The molecule has 5 nitrogen and oxygen atoms in total. The van der Waals surface area contributed by atoms with Crippen LogP contribution in [0.1, 0.15) is 48.3 Å². The standard InChI is InChI=1S/C25H32N2O3S/c28-31(29,22-8-4-9-22)26-12-15-30-21-11-10-20-17-25(27-13-5-14-27)24(23(20)18-21)16-19-6-2-1-3-7-19/h1-3,6-7,10-11,18,22,24-26H,4-5,8-9,12-17H2. The summed E-state index contributed by atoms with van der Waals surface area (Å²) in [6.45, 7) is 3.08. The molecule has 2 unspecified atom stereocenters. The zero-order chi connectivity index (χ0) is 21.3. The van der Waals surface area contributed by atoms with Crippen LogP contribution in [-0.4, -0.2) is 50.9 Å². The highest BCUT2D eigenvalue weighted by Crippen LogP contribution is 2.41. The van der Waals surface area contributed by atoms with Crippen LogP contribution in [0.2, 0.25) is 0 Å². The Morgan fingerprint density at radius 2 is 1.84 bits per heavy atom. The summed E-state index contributed by atoms with van der Waals surface area (Å²) in [6.07, 6.45) is 6.02. The van der Waals surface area contributed by atoms with Crippen LogP contribution in [-0.2, 0) is 22.9 Å². The number of benzene rings is 2. The van der Waals surface area contributed by atoms with Crippen molar-refractivity contribution in [3.8, 4) is 5.75 Å².